The van der Waals surface area contributed by atoms with E-state index in [4.69, 9.17) is 16.3 Å². The van der Waals surface area contributed by atoms with Crippen LogP contribution in [0.4, 0.5) is 10.1 Å². The Morgan fingerprint density at radius 2 is 1.58 bits per heavy atom. The number of hydrogen-bond donors (Lipinski definition) is 2. The van der Waals surface area contributed by atoms with Gasteiger partial charge in [0.05, 0.1) is 11.8 Å². The van der Waals surface area contributed by atoms with Crippen LogP contribution < -0.4 is 15.5 Å². The number of carbonyl (C=O) groups excluding carboxylic acids is 3. The molecule has 2 amide bonds. The zero-order chi connectivity index (χ0) is 22.2. The van der Waals surface area contributed by atoms with Crippen LogP contribution in [0.3, 0.4) is 0 Å². The Hall–Kier alpha value is -4.04. The van der Waals surface area contributed by atoms with Crippen molar-refractivity contribution < 1.29 is 23.5 Å². The first kappa shape index (κ1) is 21.7. The van der Waals surface area contributed by atoms with Crippen molar-refractivity contribution in [3.63, 3.8) is 0 Å². The molecule has 3 rings (SSSR count). The molecule has 0 fully saturated rings. The summed E-state index contributed by atoms with van der Waals surface area (Å²) in [5.41, 5.74) is 3.02. The van der Waals surface area contributed by atoms with Gasteiger partial charge in [0.15, 0.2) is 0 Å². The number of hydrogen-bond acceptors (Lipinski definition) is 5. The molecule has 0 aliphatic heterocycles. The van der Waals surface area contributed by atoms with Crippen LogP contribution in [0, 0.1) is 5.82 Å². The van der Waals surface area contributed by atoms with Gasteiger partial charge in [0.2, 0.25) is 0 Å². The van der Waals surface area contributed by atoms with Crippen LogP contribution >= 0.6 is 11.6 Å². The van der Waals surface area contributed by atoms with E-state index in [1.165, 1.54) is 30.5 Å². The number of ether oxygens (including phenoxy) is 1. The number of para-hydroxylation sites is 1. The average Bonchev–Trinajstić information content (AvgIpc) is 2.76. The minimum Gasteiger partial charge on any atom is -0.422 e. The second kappa shape index (κ2) is 10.1. The molecule has 0 bridgehead atoms. The van der Waals surface area contributed by atoms with Crippen molar-refractivity contribution in [2.24, 2.45) is 5.10 Å². The summed E-state index contributed by atoms with van der Waals surface area (Å²) < 4.78 is 18.3. The van der Waals surface area contributed by atoms with Crippen molar-refractivity contribution in [1.82, 2.24) is 5.43 Å². The predicted octanol–water partition coefficient (Wildman–Crippen LogP) is 3.79. The molecule has 0 heterocycles. The molecule has 0 saturated heterocycles. The van der Waals surface area contributed by atoms with Gasteiger partial charge < -0.3 is 10.1 Å². The molecule has 0 unspecified atom stereocenters. The Morgan fingerprint density at radius 3 is 2.29 bits per heavy atom. The van der Waals surface area contributed by atoms with Crippen molar-refractivity contribution in [1.29, 1.82) is 0 Å². The van der Waals surface area contributed by atoms with Crippen LogP contribution in [0.1, 0.15) is 15.9 Å². The number of halogens is 2. The van der Waals surface area contributed by atoms with E-state index in [1.807, 2.05) is 0 Å². The van der Waals surface area contributed by atoms with Crippen LogP contribution in [0.25, 0.3) is 0 Å². The fourth-order valence-corrected chi connectivity index (χ4v) is 2.48. The quantitative estimate of drug-likeness (QED) is 0.208. The standard InChI is InChI=1S/C22H15ClFN3O4/c23-16-7-5-14(6-8-16)22(30)31-19-4-2-1-3-15(19)13-25-27-21(29)20(28)26-18-11-9-17(24)10-12-18/h1-13H,(H,26,28)(H,27,29)/b25-13-. The number of nitrogens with one attached hydrogen (secondary N) is 2. The molecule has 2 N–H and O–H groups in total. The Morgan fingerprint density at radius 1 is 0.903 bits per heavy atom. The van der Waals surface area contributed by atoms with Crippen molar-refractivity contribution in [3.8, 4) is 5.75 Å². The lowest BCUT2D eigenvalue weighted by Gasteiger charge is -2.07. The second-order valence-electron chi connectivity index (χ2n) is 6.09. The van der Waals surface area contributed by atoms with Crippen LogP contribution in [-0.4, -0.2) is 24.0 Å². The molecule has 0 aliphatic rings. The molecule has 31 heavy (non-hydrogen) atoms. The number of nitrogens with zero attached hydrogens (tertiary/aromatic N) is 1. The molecule has 3 aromatic rings. The topological polar surface area (TPSA) is 96.9 Å². The van der Waals surface area contributed by atoms with E-state index in [1.54, 1.807) is 36.4 Å². The Balaban J connectivity index is 1.61. The average molecular weight is 440 g/mol. The third-order valence-corrected chi connectivity index (χ3v) is 4.13. The van der Waals surface area contributed by atoms with Crippen molar-refractivity contribution in [2.45, 2.75) is 0 Å². The SMILES string of the molecule is O=C(N/N=C\c1ccccc1OC(=O)c1ccc(Cl)cc1)C(=O)Nc1ccc(F)cc1. The normalized spacial score (nSPS) is 10.5. The molecule has 0 atom stereocenters. The van der Waals surface area contributed by atoms with Gasteiger partial charge in [-0.1, -0.05) is 23.7 Å². The molecule has 0 aliphatic carbocycles. The van der Waals surface area contributed by atoms with Gasteiger partial charge in [0.25, 0.3) is 0 Å². The third kappa shape index (κ3) is 6.22. The highest BCUT2D eigenvalue weighted by molar-refractivity contribution is 6.39. The minimum absolute atomic E-state index is 0.205. The zero-order valence-electron chi connectivity index (χ0n) is 15.8. The van der Waals surface area contributed by atoms with Gasteiger partial charge >= 0.3 is 17.8 Å². The fourth-order valence-electron chi connectivity index (χ4n) is 2.36. The number of anilines is 1. The maximum Gasteiger partial charge on any atom is 0.343 e. The van der Waals surface area contributed by atoms with E-state index in [0.717, 1.165) is 12.1 Å². The lowest BCUT2D eigenvalue weighted by molar-refractivity contribution is -0.136. The van der Waals surface area contributed by atoms with Crippen molar-refractivity contribution in [2.75, 3.05) is 5.32 Å². The van der Waals surface area contributed by atoms with E-state index in [9.17, 15) is 18.8 Å². The first-order valence-electron chi connectivity index (χ1n) is 8.89. The van der Waals surface area contributed by atoms with Crippen LogP contribution in [0.2, 0.25) is 5.02 Å². The number of amides is 2. The lowest BCUT2D eigenvalue weighted by atomic mass is 10.2. The first-order chi connectivity index (χ1) is 14.9. The summed E-state index contributed by atoms with van der Waals surface area (Å²) in [6.45, 7) is 0. The molecule has 7 nitrogen and oxygen atoms in total. The number of rotatable bonds is 5. The van der Waals surface area contributed by atoms with Gasteiger partial charge in [-0.25, -0.2) is 14.6 Å². The van der Waals surface area contributed by atoms with E-state index in [2.05, 4.69) is 15.8 Å². The fraction of sp³-hybridized carbons (Fsp3) is 0. The van der Waals surface area contributed by atoms with Gasteiger partial charge in [-0.3, -0.25) is 9.59 Å². The Kier molecular flexibility index (Phi) is 7.08. The van der Waals surface area contributed by atoms with E-state index in [0.29, 0.717) is 16.1 Å². The van der Waals surface area contributed by atoms with Crippen LogP contribution in [0.15, 0.2) is 77.9 Å². The molecule has 0 aromatic heterocycles. The summed E-state index contributed by atoms with van der Waals surface area (Å²) >= 11 is 5.81. The summed E-state index contributed by atoms with van der Waals surface area (Å²) in [5, 5.41) is 6.51. The van der Waals surface area contributed by atoms with Gasteiger partial charge in [-0.2, -0.15) is 5.10 Å². The number of carbonyl (C=O) groups is 3. The lowest BCUT2D eigenvalue weighted by Crippen LogP contribution is -2.32. The first-order valence-corrected chi connectivity index (χ1v) is 9.27. The molecule has 3 aromatic carbocycles. The summed E-state index contributed by atoms with van der Waals surface area (Å²) in [4.78, 5) is 36.0. The maximum absolute atomic E-state index is 12.9. The van der Waals surface area contributed by atoms with Crippen molar-refractivity contribution >= 4 is 41.3 Å². The monoisotopic (exact) mass is 439 g/mol. The summed E-state index contributed by atoms with van der Waals surface area (Å²) in [7, 11) is 0. The highest BCUT2D eigenvalue weighted by atomic mass is 35.5. The predicted molar refractivity (Wildman–Crippen MR) is 114 cm³/mol. The Bertz CT molecular complexity index is 1130. The van der Waals surface area contributed by atoms with Gasteiger partial charge in [0, 0.05) is 16.3 Å². The molecule has 9 heteroatoms. The van der Waals surface area contributed by atoms with Gasteiger partial charge in [0.1, 0.15) is 11.6 Å². The maximum atomic E-state index is 12.9. The molecule has 0 radical (unpaired) electrons. The minimum atomic E-state index is -1.03. The highest BCUT2D eigenvalue weighted by Gasteiger charge is 2.14. The van der Waals surface area contributed by atoms with E-state index < -0.39 is 23.6 Å². The summed E-state index contributed by atoms with van der Waals surface area (Å²) in [6.07, 6.45) is 1.23. The van der Waals surface area contributed by atoms with E-state index >= 15 is 0 Å². The molecule has 0 saturated carbocycles. The van der Waals surface area contributed by atoms with Gasteiger partial charge in [-0.05, 0) is 60.7 Å². The molecular weight excluding hydrogens is 425 g/mol. The summed E-state index contributed by atoms with van der Waals surface area (Å²) in [6, 6.07) is 17.6. The van der Waals surface area contributed by atoms with Gasteiger partial charge in [-0.15, -0.1) is 0 Å². The van der Waals surface area contributed by atoms with E-state index in [-0.39, 0.29) is 11.4 Å². The van der Waals surface area contributed by atoms with Crippen LogP contribution in [0.5, 0.6) is 5.75 Å². The number of esters is 1. The second-order valence-corrected chi connectivity index (χ2v) is 6.53. The highest BCUT2D eigenvalue weighted by Crippen LogP contribution is 2.18. The van der Waals surface area contributed by atoms with Crippen LogP contribution in [-0.2, 0) is 9.59 Å². The molecule has 156 valence electrons. The number of hydrazone groups is 1. The smallest absolute Gasteiger partial charge is 0.343 e. The largest absolute Gasteiger partial charge is 0.422 e. The zero-order valence-corrected chi connectivity index (χ0v) is 16.6. The molecular formula is C22H15ClFN3O4. The molecule has 0 spiro atoms. The Labute approximate surface area is 181 Å². The van der Waals surface area contributed by atoms with Crippen molar-refractivity contribution in [3.05, 3.63) is 94.8 Å². The third-order valence-electron chi connectivity index (χ3n) is 3.88. The number of benzene rings is 3. The summed E-state index contributed by atoms with van der Waals surface area (Å²) in [5.74, 6) is -2.87.